The maximum atomic E-state index is 12.1. The van der Waals surface area contributed by atoms with E-state index in [0.29, 0.717) is 16.0 Å². The summed E-state index contributed by atoms with van der Waals surface area (Å²) >= 11 is 12.3. The highest BCUT2D eigenvalue weighted by Crippen LogP contribution is 2.47. The van der Waals surface area contributed by atoms with Crippen molar-refractivity contribution in [2.24, 2.45) is 11.7 Å². The van der Waals surface area contributed by atoms with Crippen LogP contribution in [0.1, 0.15) is 37.3 Å². The van der Waals surface area contributed by atoms with Gasteiger partial charge in [0.1, 0.15) is 6.04 Å². The number of hydrogen-bond acceptors (Lipinski definition) is 3. The zero-order valence-corrected chi connectivity index (χ0v) is 16.8. The largest absolute Gasteiger partial charge is 0.480 e. The van der Waals surface area contributed by atoms with E-state index in [2.05, 4.69) is 19.2 Å². The normalized spacial score (nSPS) is 27.9. The third-order valence-electron chi connectivity index (χ3n) is 5.33. The second-order valence-electron chi connectivity index (χ2n) is 7.64. The number of aliphatic carboxylic acids is 1. The van der Waals surface area contributed by atoms with Crippen LogP contribution in [0.15, 0.2) is 48.5 Å². The van der Waals surface area contributed by atoms with Crippen molar-refractivity contribution < 1.29 is 9.90 Å². The summed E-state index contributed by atoms with van der Waals surface area (Å²) in [6, 6.07) is 13.6. The number of carboxylic acid groups (broad SMARTS) is 1. The summed E-state index contributed by atoms with van der Waals surface area (Å²) in [4.78, 5) is 12.1. The van der Waals surface area contributed by atoms with E-state index in [4.69, 9.17) is 28.9 Å². The second kappa shape index (κ2) is 7.80. The van der Waals surface area contributed by atoms with Crippen molar-refractivity contribution in [1.82, 2.24) is 5.32 Å². The minimum atomic E-state index is -0.921. The molecule has 4 nitrogen and oxygen atoms in total. The Bertz CT molecular complexity index is 825. The maximum Gasteiger partial charge on any atom is 0.321 e. The molecule has 1 fully saturated rings. The van der Waals surface area contributed by atoms with E-state index in [1.165, 1.54) is 0 Å². The molecule has 1 aliphatic heterocycles. The average Bonchev–Trinajstić information content (AvgIpc) is 2.89. The quantitative estimate of drug-likeness (QED) is 0.687. The molecule has 6 heteroatoms. The molecular formula is C21H24Cl2N2O2. The molecule has 0 spiro atoms. The molecule has 1 heterocycles. The molecule has 0 radical (unpaired) electrons. The Morgan fingerprint density at radius 2 is 1.85 bits per heavy atom. The molecular weight excluding hydrogens is 383 g/mol. The standard InChI is InChI=1S/C21H24Cl2N2O2/c1-12(2)10-17-21(24,14-6-8-15(22)9-7-14)18(19(25-17)20(26)27)13-4-3-5-16(23)11-13/h3-9,11-12,17-19,25H,10,24H2,1-2H3,(H,26,27)/t17-,18+,19-,21-/m1/s1. The van der Waals surface area contributed by atoms with Crippen molar-refractivity contribution >= 4 is 29.2 Å². The molecule has 0 bridgehead atoms. The van der Waals surface area contributed by atoms with Crippen molar-refractivity contribution in [3.05, 3.63) is 69.7 Å². The summed E-state index contributed by atoms with van der Waals surface area (Å²) < 4.78 is 0. The van der Waals surface area contributed by atoms with Gasteiger partial charge in [-0.25, -0.2) is 0 Å². The third-order valence-corrected chi connectivity index (χ3v) is 5.82. The molecule has 0 aromatic heterocycles. The van der Waals surface area contributed by atoms with Gasteiger partial charge in [-0.15, -0.1) is 0 Å². The molecule has 3 rings (SSSR count). The fraction of sp³-hybridized carbons (Fsp3) is 0.381. The zero-order chi connectivity index (χ0) is 19.8. The zero-order valence-electron chi connectivity index (χ0n) is 15.3. The van der Waals surface area contributed by atoms with Crippen molar-refractivity contribution in [2.75, 3.05) is 0 Å². The molecule has 0 aliphatic carbocycles. The summed E-state index contributed by atoms with van der Waals surface area (Å²) in [5.41, 5.74) is 7.82. The van der Waals surface area contributed by atoms with Gasteiger partial charge in [-0.2, -0.15) is 0 Å². The molecule has 0 unspecified atom stereocenters. The first-order valence-electron chi connectivity index (χ1n) is 9.02. The molecule has 0 amide bonds. The Balaban J connectivity index is 2.19. The van der Waals surface area contributed by atoms with Gasteiger partial charge in [-0.3, -0.25) is 10.1 Å². The van der Waals surface area contributed by atoms with E-state index >= 15 is 0 Å². The predicted molar refractivity (Wildman–Crippen MR) is 109 cm³/mol. The lowest BCUT2D eigenvalue weighted by Crippen LogP contribution is -2.51. The summed E-state index contributed by atoms with van der Waals surface area (Å²) in [6.07, 6.45) is 0.750. The van der Waals surface area contributed by atoms with Crippen LogP contribution >= 0.6 is 23.2 Å². The Morgan fingerprint density at radius 3 is 2.41 bits per heavy atom. The highest BCUT2D eigenvalue weighted by molar-refractivity contribution is 6.30. The van der Waals surface area contributed by atoms with Gasteiger partial charge in [0, 0.05) is 22.0 Å². The van der Waals surface area contributed by atoms with Crippen molar-refractivity contribution in [2.45, 2.75) is 43.8 Å². The Kier molecular flexibility index (Phi) is 5.82. The molecule has 1 saturated heterocycles. The Hall–Kier alpha value is -1.59. The van der Waals surface area contributed by atoms with E-state index in [1.54, 1.807) is 24.3 Å². The molecule has 27 heavy (non-hydrogen) atoms. The molecule has 2 aromatic carbocycles. The first-order valence-corrected chi connectivity index (χ1v) is 9.78. The number of hydrogen-bond donors (Lipinski definition) is 3. The molecule has 4 N–H and O–H groups in total. The van der Waals surface area contributed by atoms with E-state index in [-0.39, 0.29) is 6.04 Å². The summed E-state index contributed by atoms with van der Waals surface area (Å²) in [7, 11) is 0. The van der Waals surface area contributed by atoms with Gasteiger partial charge < -0.3 is 10.8 Å². The van der Waals surface area contributed by atoms with Crippen LogP contribution < -0.4 is 11.1 Å². The van der Waals surface area contributed by atoms with Gasteiger partial charge in [0.25, 0.3) is 0 Å². The van der Waals surface area contributed by atoms with Crippen LogP contribution in [0.2, 0.25) is 10.0 Å². The molecule has 0 saturated carbocycles. The second-order valence-corrected chi connectivity index (χ2v) is 8.51. The van der Waals surface area contributed by atoms with Gasteiger partial charge in [0.2, 0.25) is 0 Å². The van der Waals surface area contributed by atoms with Crippen molar-refractivity contribution in [3.63, 3.8) is 0 Å². The SMILES string of the molecule is CC(C)C[C@H]1N[C@@H](C(=O)O)[C@H](c2cccc(Cl)c2)[C@@]1(N)c1ccc(Cl)cc1. The van der Waals surface area contributed by atoms with Crippen LogP contribution in [-0.2, 0) is 10.3 Å². The highest BCUT2D eigenvalue weighted by atomic mass is 35.5. The van der Waals surface area contributed by atoms with Gasteiger partial charge >= 0.3 is 5.97 Å². The smallest absolute Gasteiger partial charge is 0.321 e. The van der Waals surface area contributed by atoms with Crippen LogP contribution in [0.5, 0.6) is 0 Å². The minimum absolute atomic E-state index is 0.205. The van der Waals surface area contributed by atoms with Gasteiger partial charge in [0.05, 0.1) is 5.54 Å². The van der Waals surface area contributed by atoms with Gasteiger partial charge in [-0.1, -0.05) is 61.3 Å². The Morgan fingerprint density at radius 1 is 1.19 bits per heavy atom. The van der Waals surface area contributed by atoms with Crippen molar-refractivity contribution in [3.8, 4) is 0 Å². The molecule has 144 valence electrons. The topological polar surface area (TPSA) is 75.3 Å². The fourth-order valence-electron chi connectivity index (χ4n) is 4.18. The van der Waals surface area contributed by atoms with Crippen LogP contribution in [-0.4, -0.2) is 23.2 Å². The van der Waals surface area contributed by atoms with E-state index < -0.39 is 23.5 Å². The monoisotopic (exact) mass is 406 g/mol. The van der Waals surface area contributed by atoms with Crippen LogP contribution in [0.25, 0.3) is 0 Å². The maximum absolute atomic E-state index is 12.1. The lowest BCUT2D eigenvalue weighted by atomic mass is 9.70. The average molecular weight is 407 g/mol. The van der Waals surface area contributed by atoms with Crippen LogP contribution in [0.4, 0.5) is 0 Å². The van der Waals surface area contributed by atoms with E-state index in [0.717, 1.165) is 17.5 Å². The highest BCUT2D eigenvalue weighted by Gasteiger charge is 2.56. The third kappa shape index (κ3) is 3.85. The molecule has 4 atom stereocenters. The number of halogens is 2. The number of benzene rings is 2. The minimum Gasteiger partial charge on any atom is -0.480 e. The Labute approximate surface area is 169 Å². The number of carboxylic acids is 1. The number of rotatable bonds is 5. The summed E-state index contributed by atoms with van der Waals surface area (Å²) in [5.74, 6) is -1.04. The van der Waals surface area contributed by atoms with E-state index in [9.17, 15) is 9.90 Å². The number of nitrogens with two attached hydrogens (primary N) is 1. The number of nitrogens with one attached hydrogen (secondary N) is 1. The van der Waals surface area contributed by atoms with Gasteiger partial charge in [-0.05, 0) is 47.7 Å². The van der Waals surface area contributed by atoms with Crippen molar-refractivity contribution in [1.29, 1.82) is 0 Å². The lowest BCUT2D eigenvalue weighted by Gasteiger charge is -2.38. The number of carbonyl (C=O) groups is 1. The first kappa shape index (κ1) is 20.2. The summed E-state index contributed by atoms with van der Waals surface area (Å²) in [5, 5.41) is 14.4. The molecule has 2 aromatic rings. The molecule has 1 aliphatic rings. The summed E-state index contributed by atoms with van der Waals surface area (Å²) in [6.45, 7) is 4.21. The fourth-order valence-corrected chi connectivity index (χ4v) is 4.50. The van der Waals surface area contributed by atoms with Crippen LogP contribution in [0, 0.1) is 5.92 Å². The van der Waals surface area contributed by atoms with Crippen LogP contribution in [0.3, 0.4) is 0 Å². The predicted octanol–water partition coefficient (Wildman–Crippen LogP) is 4.40. The first-order chi connectivity index (χ1) is 12.7. The van der Waals surface area contributed by atoms with E-state index in [1.807, 2.05) is 24.3 Å². The lowest BCUT2D eigenvalue weighted by molar-refractivity contribution is -0.139. The van der Waals surface area contributed by atoms with Gasteiger partial charge in [0.15, 0.2) is 0 Å².